The van der Waals surface area contributed by atoms with Crippen LogP contribution in [0.25, 0.3) is 0 Å². The minimum atomic E-state index is -0.828. The summed E-state index contributed by atoms with van der Waals surface area (Å²) in [6.07, 6.45) is 4.25. The number of hydrogen-bond acceptors (Lipinski definition) is 5. The van der Waals surface area contributed by atoms with Crippen molar-refractivity contribution >= 4 is 11.6 Å². The number of aromatic nitrogens is 1. The number of pyridine rings is 1. The predicted octanol–water partition coefficient (Wildman–Crippen LogP) is 3.73. The van der Waals surface area contributed by atoms with Crippen LogP contribution in [0.4, 0.5) is 5.69 Å². The summed E-state index contributed by atoms with van der Waals surface area (Å²) in [6, 6.07) is 1.85. The van der Waals surface area contributed by atoms with Gasteiger partial charge in [0.25, 0.3) is 5.91 Å². The van der Waals surface area contributed by atoms with Gasteiger partial charge in [0.05, 0.1) is 18.5 Å². The van der Waals surface area contributed by atoms with Crippen molar-refractivity contribution in [3.8, 4) is 5.88 Å². The molecule has 0 bridgehead atoms. The third-order valence-corrected chi connectivity index (χ3v) is 3.91. The quantitative estimate of drug-likeness (QED) is 0.581. The molecule has 1 amide bonds. The maximum Gasteiger partial charge on any atom is 0.256 e. The summed E-state index contributed by atoms with van der Waals surface area (Å²) in [4.78, 5) is 16.9. The minimum absolute atomic E-state index is 0.144. The van der Waals surface area contributed by atoms with Crippen LogP contribution in [0.15, 0.2) is 12.3 Å². The maximum atomic E-state index is 12.7. The second kappa shape index (κ2) is 11.1. The van der Waals surface area contributed by atoms with Gasteiger partial charge >= 0.3 is 0 Å². The Morgan fingerprint density at radius 1 is 1.24 bits per heavy atom. The van der Waals surface area contributed by atoms with Gasteiger partial charge in [0.1, 0.15) is 12.2 Å². The van der Waals surface area contributed by atoms with E-state index in [0.717, 1.165) is 18.4 Å². The lowest BCUT2D eigenvalue weighted by Gasteiger charge is -2.28. The molecule has 0 aromatic carbocycles. The number of carbonyl (C=O) groups excluding carboxylic acids is 1. The van der Waals surface area contributed by atoms with Gasteiger partial charge in [0, 0.05) is 18.8 Å². The van der Waals surface area contributed by atoms with Crippen molar-refractivity contribution in [2.45, 2.75) is 59.5 Å². The number of anilines is 1. The van der Waals surface area contributed by atoms with Crippen LogP contribution in [0.1, 0.15) is 52.5 Å². The van der Waals surface area contributed by atoms with E-state index in [1.807, 2.05) is 33.8 Å². The summed E-state index contributed by atoms with van der Waals surface area (Å²) in [5, 5.41) is 2.91. The second-order valence-electron chi connectivity index (χ2n) is 6.11. The molecule has 0 aliphatic heterocycles. The molecule has 1 heterocycles. The van der Waals surface area contributed by atoms with Gasteiger partial charge in [0.15, 0.2) is 0 Å². The van der Waals surface area contributed by atoms with E-state index in [0.29, 0.717) is 44.4 Å². The number of amides is 1. The molecule has 25 heavy (non-hydrogen) atoms. The molecule has 0 saturated heterocycles. The SMILES string of the molecule is CCCC[C@](C)(OCC)C(=O)Nc1cnc(OCCOCC)c(C)c1. The standard InChI is InChI=1S/C19H32N2O4/c1-6-9-10-19(5,25-8-3)18(22)21-16-13-15(4)17(20-14-16)24-12-11-23-7-2/h13-14H,6-12H2,1-5H3,(H,21,22)/t19-/m0/s1. The molecule has 1 rings (SSSR count). The molecule has 1 aromatic heterocycles. The molecule has 1 atom stereocenters. The van der Waals surface area contributed by atoms with Crippen LogP contribution in [0, 0.1) is 6.92 Å². The van der Waals surface area contributed by atoms with E-state index in [1.165, 1.54) is 0 Å². The Morgan fingerprint density at radius 3 is 2.60 bits per heavy atom. The lowest BCUT2D eigenvalue weighted by Crippen LogP contribution is -2.42. The van der Waals surface area contributed by atoms with Gasteiger partial charge in [-0.25, -0.2) is 4.98 Å². The molecule has 1 N–H and O–H groups in total. The van der Waals surface area contributed by atoms with Gasteiger partial charge < -0.3 is 19.5 Å². The molecule has 0 fully saturated rings. The van der Waals surface area contributed by atoms with Gasteiger partial charge in [0.2, 0.25) is 5.88 Å². The van der Waals surface area contributed by atoms with Gasteiger partial charge in [-0.3, -0.25) is 4.79 Å². The number of unbranched alkanes of at least 4 members (excludes halogenated alkanes) is 1. The van der Waals surface area contributed by atoms with Crippen LogP contribution >= 0.6 is 0 Å². The number of carbonyl (C=O) groups is 1. The molecule has 6 heteroatoms. The van der Waals surface area contributed by atoms with E-state index in [-0.39, 0.29) is 5.91 Å². The Bertz CT molecular complexity index is 536. The molecule has 0 aliphatic carbocycles. The molecular weight excluding hydrogens is 320 g/mol. The summed E-state index contributed by atoms with van der Waals surface area (Å²) in [6.45, 7) is 11.8. The van der Waals surface area contributed by atoms with Gasteiger partial charge in [-0.2, -0.15) is 0 Å². The van der Waals surface area contributed by atoms with Crippen LogP contribution in [0.3, 0.4) is 0 Å². The van der Waals surface area contributed by atoms with E-state index in [4.69, 9.17) is 14.2 Å². The van der Waals surface area contributed by atoms with Crippen molar-refractivity contribution in [3.63, 3.8) is 0 Å². The number of rotatable bonds is 12. The van der Waals surface area contributed by atoms with Crippen LogP contribution < -0.4 is 10.1 Å². The number of nitrogens with one attached hydrogen (secondary N) is 1. The molecule has 142 valence electrons. The van der Waals surface area contributed by atoms with Gasteiger partial charge in [-0.05, 0) is 40.2 Å². The molecule has 6 nitrogen and oxygen atoms in total. The summed E-state index contributed by atoms with van der Waals surface area (Å²) >= 11 is 0. The van der Waals surface area contributed by atoms with Crippen molar-refractivity contribution in [2.75, 3.05) is 31.7 Å². The summed E-state index contributed by atoms with van der Waals surface area (Å²) < 4.78 is 16.5. The zero-order chi connectivity index (χ0) is 18.7. The highest BCUT2D eigenvalue weighted by molar-refractivity contribution is 5.97. The van der Waals surface area contributed by atoms with Gasteiger partial charge in [-0.15, -0.1) is 0 Å². The molecule has 0 unspecified atom stereocenters. The van der Waals surface area contributed by atoms with E-state index in [2.05, 4.69) is 17.2 Å². The molecule has 0 radical (unpaired) electrons. The van der Waals surface area contributed by atoms with Crippen molar-refractivity contribution < 1.29 is 19.0 Å². The van der Waals surface area contributed by atoms with Gasteiger partial charge in [-0.1, -0.05) is 19.8 Å². The zero-order valence-electron chi connectivity index (χ0n) is 16.2. The third-order valence-electron chi connectivity index (χ3n) is 3.91. The van der Waals surface area contributed by atoms with Crippen LogP contribution in [-0.2, 0) is 14.3 Å². The topological polar surface area (TPSA) is 69.7 Å². The van der Waals surface area contributed by atoms with Crippen LogP contribution in [0.2, 0.25) is 0 Å². The van der Waals surface area contributed by atoms with Crippen LogP contribution in [0.5, 0.6) is 5.88 Å². The first-order valence-corrected chi connectivity index (χ1v) is 9.09. The number of aryl methyl sites for hydroxylation is 1. The fourth-order valence-electron chi connectivity index (χ4n) is 2.47. The number of ether oxygens (including phenoxy) is 3. The predicted molar refractivity (Wildman–Crippen MR) is 99.1 cm³/mol. The zero-order valence-corrected chi connectivity index (χ0v) is 16.2. The highest BCUT2D eigenvalue weighted by atomic mass is 16.5. The number of hydrogen-bond donors (Lipinski definition) is 1. The summed E-state index contributed by atoms with van der Waals surface area (Å²) in [7, 11) is 0. The lowest BCUT2D eigenvalue weighted by atomic mass is 9.97. The second-order valence-corrected chi connectivity index (χ2v) is 6.11. The maximum absolute atomic E-state index is 12.7. The van der Waals surface area contributed by atoms with E-state index < -0.39 is 5.60 Å². The van der Waals surface area contributed by atoms with Crippen molar-refractivity contribution in [1.82, 2.24) is 4.98 Å². The van der Waals surface area contributed by atoms with Crippen molar-refractivity contribution in [2.24, 2.45) is 0 Å². The molecule has 1 aromatic rings. The Kier molecular flexibility index (Phi) is 9.45. The summed E-state index contributed by atoms with van der Waals surface area (Å²) in [5.74, 6) is 0.408. The average Bonchev–Trinajstić information content (AvgIpc) is 2.58. The first-order chi connectivity index (χ1) is 12.0. The Balaban J connectivity index is 2.71. The molecular formula is C19H32N2O4. The van der Waals surface area contributed by atoms with E-state index in [9.17, 15) is 4.79 Å². The first kappa shape index (κ1) is 21.4. The Morgan fingerprint density at radius 2 is 2.00 bits per heavy atom. The van der Waals surface area contributed by atoms with Crippen molar-refractivity contribution in [3.05, 3.63) is 17.8 Å². The summed E-state index contributed by atoms with van der Waals surface area (Å²) in [5.41, 5.74) is 0.675. The smallest absolute Gasteiger partial charge is 0.256 e. The Hall–Kier alpha value is -1.66. The molecule has 0 spiro atoms. The van der Waals surface area contributed by atoms with E-state index >= 15 is 0 Å². The van der Waals surface area contributed by atoms with Crippen molar-refractivity contribution in [1.29, 1.82) is 0 Å². The lowest BCUT2D eigenvalue weighted by molar-refractivity contribution is -0.139. The largest absolute Gasteiger partial charge is 0.475 e. The highest BCUT2D eigenvalue weighted by Crippen LogP contribution is 2.23. The molecule has 0 aliphatic rings. The average molecular weight is 352 g/mol. The minimum Gasteiger partial charge on any atom is -0.475 e. The normalized spacial score (nSPS) is 13.3. The first-order valence-electron chi connectivity index (χ1n) is 9.09. The fourth-order valence-corrected chi connectivity index (χ4v) is 2.47. The third kappa shape index (κ3) is 7.00. The number of nitrogens with zero attached hydrogens (tertiary/aromatic N) is 1. The van der Waals surface area contributed by atoms with Crippen LogP contribution in [-0.4, -0.2) is 42.9 Å². The monoisotopic (exact) mass is 352 g/mol. The molecule has 0 saturated carbocycles. The fraction of sp³-hybridized carbons (Fsp3) is 0.684. The Labute approximate surface area is 151 Å². The van der Waals surface area contributed by atoms with E-state index in [1.54, 1.807) is 6.20 Å². The highest BCUT2D eigenvalue weighted by Gasteiger charge is 2.33.